The molecule has 35 heavy (non-hydrogen) atoms. The number of halogens is 1. The molecule has 0 aliphatic heterocycles. The van der Waals surface area contributed by atoms with Crippen LogP contribution in [-0.4, -0.2) is 24.9 Å². The third-order valence-electron chi connectivity index (χ3n) is 5.70. The lowest BCUT2D eigenvalue weighted by Crippen LogP contribution is -2.36. The van der Waals surface area contributed by atoms with E-state index >= 15 is 0 Å². The molecule has 1 N–H and O–H groups in total. The molecule has 0 saturated carbocycles. The maximum absolute atomic E-state index is 13.9. The van der Waals surface area contributed by atoms with Gasteiger partial charge in [-0.3, -0.25) is 0 Å². The fraction of sp³-hybridized carbons (Fsp3) is 0.0385. The van der Waals surface area contributed by atoms with Crippen molar-refractivity contribution in [1.29, 1.82) is 0 Å². The third-order valence-corrected chi connectivity index (χ3v) is 6.99. The first-order valence-corrected chi connectivity index (χ1v) is 12.2. The summed E-state index contributed by atoms with van der Waals surface area (Å²) in [5, 5.41) is 15.7. The lowest BCUT2D eigenvalue weighted by molar-refractivity contribution is -0.603. The molecule has 170 valence electrons. The fourth-order valence-electron chi connectivity index (χ4n) is 4.13. The van der Waals surface area contributed by atoms with Crippen LogP contribution in [0.3, 0.4) is 0 Å². The monoisotopic (exact) mass is 496 g/mol. The van der Waals surface area contributed by atoms with E-state index in [1.54, 1.807) is 12.4 Å². The zero-order valence-electron chi connectivity index (χ0n) is 18.2. The van der Waals surface area contributed by atoms with Gasteiger partial charge in [0, 0.05) is 5.56 Å². The fourth-order valence-corrected chi connectivity index (χ4v) is 5.24. The standard InChI is InChI=1S/C26H17ClN6OS/c27-19-11-6-12-20-22(19)24(18-10-5-4-9-17(18)16-7-2-1-3-8-16)33(34)21(32-20)13-35-26-23-25(29-14-28-23)30-15-31-26/h1-12,14-15H,13H2,(H,28,29,30,31). The van der Waals surface area contributed by atoms with Crippen LogP contribution in [0.4, 0.5) is 0 Å². The Balaban J connectivity index is 1.53. The minimum Gasteiger partial charge on any atom is -0.710 e. The molecule has 0 radical (unpaired) electrons. The topological polar surface area (TPSA) is 94.3 Å². The van der Waals surface area contributed by atoms with Crippen molar-refractivity contribution in [2.45, 2.75) is 10.8 Å². The average molecular weight is 497 g/mol. The Morgan fingerprint density at radius 2 is 1.69 bits per heavy atom. The van der Waals surface area contributed by atoms with Gasteiger partial charge in [-0.1, -0.05) is 84.0 Å². The highest BCUT2D eigenvalue weighted by molar-refractivity contribution is 7.98. The SMILES string of the molecule is [O-][n+]1c(CSc2ncnc3[nH]cnc23)nc2cccc(Cl)c2c1-c1ccccc1-c1ccccc1. The minimum atomic E-state index is 0.297. The predicted molar refractivity (Wildman–Crippen MR) is 138 cm³/mol. The first kappa shape index (κ1) is 21.5. The van der Waals surface area contributed by atoms with Crippen molar-refractivity contribution in [3.63, 3.8) is 0 Å². The Morgan fingerprint density at radius 3 is 2.54 bits per heavy atom. The van der Waals surface area contributed by atoms with Gasteiger partial charge in [-0.05, 0) is 28.2 Å². The molecule has 0 aliphatic rings. The second kappa shape index (κ2) is 8.98. The molecule has 3 aromatic heterocycles. The summed E-state index contributed by atoms with van der Waals surface area (Å²) in [6.07, 6.45) is 3.05. The molecular weight excluding hydrogens is 480 g/mol. The van der Waals surface area contributed by atoms with Crippen molar-refractivity contribution < 1.29 is 4.73 Å². The van der Waals surface area contributed by atoms with Crippen LogP contribution in [0, 0.1) is 5.21 Å². The van der Waals surface area contributed by atoms with Crippen molar-refractivity contribution in [1.82, 2.24) is 24.9 Å². The molecule has 0 fully saturated rings. The van der Waals surface area contributed by atoms with Gasteiger partial charge in [0.25, 0.3) is 0 Å². The van der Waals surface area contributed by atoms with Gasteiger partial charge in [0.05, 0.1) is 16.7 Å². The van der Waals surface area contributed by atoms with Gasteiger partial charge < -0.3 is 10.2 Å². The Labute approximate surface area is 209 Å². The molecule has 0 bridgehead atoms. The van der Waals surface area contributed by atoms with E-state index in [2.05, 4.69) is 24.9 Å². The van der Waals surface area contributed by atoms with E-state index in [9.17, 15) is 5.21 Å². The normalized spacial score (nSPS) is 11.3. The molecule has 3 aromatic carbocycles. The molecule has 7 nitrogen and oxygen atoms in total. The number of hydrogen-bond donors (Lipinski definition) is 1. The van der Waals surface area contributed by atoms with Gasteiger partial charge in [0.15, 0.2) is 16.9 Å². The van der Waals surface area contributed by atoms with Crippen molar-refractivity contribution in [2.24, 2.45) is 0 Å². The first-order chi connectivity index (χ1) is 17.2. The number of thioether (sulfide) groups is 1. The highest BCUT2D eigenvalue weighted by Crippen LogP contribution is 2.37. The maximum Gasteiger partial charge on any atom is 0.312 e. The molecule has 0 amide bonds. The molecule has 9 heteroatoms. The van der Waals surface area contributed by atoms with Crippen LogP contribution in [0.2, 0.25) is 5.02 Å². The number of fused-ring (bicyclic) bond motifs is 2. The van der Waals surface area contributed by atoms with Gasteiger partial charge in [0.1, 0.15) is 22.6 Å². The quantitative estimate of drug-likeness (QED) is 0.140. The second-order valence-electron chi connectivity index (χ2n) is 7.78. The zero-order valence-corrected chi connectivity index (χ0v) is 19.8. The van der Waals surface area contributed by atoms with Crippen molar-refractivity contribution in [3.05, 3.63) is 102 Å². The number of hydrogen-bond acceptors (Lipinski definition) is 6. The minimum absolute atomic E-state index is 0.297. The molecule has 0 unspecified atom stereocenters. The number of benzene rings is 3. The van der Waals surface area contributed by atoms with Gasteiger partial charge in [0.2, 0.25) is 0 Å². The lowest BCUT2D eigenvalue weighted by atomic mass is 9.95. The number of rotatable bonds is 5. The summed E-state index contributed by atoms with van der Waals surface area (Å²) in [6, 6.07) is 23.3. The predicted octanol–water partition coefficient (Wildman–Crippen LogP) is 5.81. The molecular formula is C26H17ClN6OS. The Bertz CT molecular complexity index is 1690. The summed E-state index contributed by atoms with van der Waals surface area (Å²) in [5.41, 5.74) is 5.18. The summed E-state index contributed by atoms with van der Waals surface area (Å²) < 4.78 is 0.895. The average Bonchev–Trinajstić information content (AvgIpc) is 3.38. The molecule has 0 spiro atoms. The van der Waals surface area contributed by atoms with E-state index in [1.165, 1.54) is 18.1 Å². The number of aromatic nitrogens is 6. The van der Waals surface area contributed by atoms with Crippen LogP contribution in [0.25, 0.3) is 44.5 Å². The number of aromatic amines is 1. The molecule has 3 heterocycles. The second-order valence-corrected chi connectivity index (χ2v) is 9.16. The summed E-state index contributed by atoms with van der Waals surface area (Å²) in [7, 11) is 0. The molecule has 0 saturated heterocycles. The lowest BCUT2D eigenvalue weighted by Gasteiger charge is -2.17. The van der Waals surface area contributed by atoms with Gasteiger partial charge in [-0.25, -0.2) is 19.7 Å². The summed E-state index contributed by atoms with van der Waals surface area (Å²) in [5.74, 6) is 0.649. The van der Waals surface area contributed by atoms with Gasteiger partial charge in [-0.15, -0.1) is 0 Å². The van der Waals surface area contributed by atoms with E-state index in [0.717, 1.165) is 21.4 Å². The largest absolute Gasteiger partial charge is 0.710 e. The van der Waals surface area contributed by atoms with Crippen LogP contribution >= 0.6 is 23.4 Å². The number of H-pyrrole nitrogens is 1. The number of nitrogens with one attached hydrogen (secondary N) is 1. The van der Waals surface area contributed by atoms with Crippen molar-refractivity contribution >= 4 is 45.4 Å². The highest BCUT2D eigenvalue weighted by atomic mass is 35.5. The van der Waals surface area contributed by atoms with E-state index in [-0.39, 0.29) is 0 Å². The molecule has 0 aliphatic carbocycles. The highest BCUT2D eigenvalue weighted by Gasteiger charge is 2.24. The number of imidazole rings is 1. The maximum atomic E-state index is 13.9. The Kier molecular flexibility index (Phi) is 5.52. The zero-order chi connectivity index (χ0) is 23.8. The summed E-state index contributed by atoms with van der Waals surface area (Å²) in [4.78, 5) is 20.5. The van der Waals surface area contributed by atoms with E-state index in [1.807, 2.05) is 66.7 Å². The van der Waals surface area contributed by atoms with Crippen LogP contribution in [0.1, 0.15) is 5.82 Å². The van der Waals surface area contributed by atoms with Crippen molar-refractivity contribution in [3.8, 4) is 22.4 Å². The van der Waals surface area contributed by atoms with Gasteiger partial charge >= 0.3 is 5.82 Å². The molecule has 6 rings (SSSR count). The van der Waals surface area contributed by atoms with Crippen LogP contribution < -0.4 is 4.73 Å². The Hall–Kier alpha value is -4.01. The third kappa shape index (κ3) is 3.86. The van der Waals surface area contributed by atoms with Gasteiger partial charge in [-0.2, -0.15) is 0 Å². The Morgan fingerprint density at radius 1 is 0.886 bits per heavy atom. The molecule has 6 aromatic rings. The van der Waals surface area contributed by atoms with Crippen LogP contribution in [-0.2, 0) is 5.75 Å². The smallest absolute Gasteiger partial charge is 0.312 e. The van der Waals surface area contributed by atoms with Crippen LogP contribution in [0.15, 0.2) is 90.5 Å². The summed E-state index contributed by atoms with van der Waals surface area (Å²) >= 11 is 8.02. The van der Waals surface area contributed by atoms with E-state index in [0.29, 0.717) is 49.4 Å². The van der Waals surface area contributed by atoms with Crippen LogP contribution in [0.5, 0.6) is 0 Å². The number of nitrogens with zero attached hydrogens (tertiary/aromatic N) is 5. The molecule has 0 atom stereocenters. The summed E-state index contributed by atoms with van der Waals surface area (Å²) in [6.45, 7) is 0. The van der Waals surface area contributed by atoms with Crippen molar-refractivity contribution in [2.75, 3.05) is 0 Å². The van der Waals surface area contributed by atoms with E-state index < -0.39 is 0 Å². The van der Waals surface area contributed by atoms with E-state index in [4.69, 9.17) is 11.6 Å². The first-order valence-electron chi connectivity index (χ1n) is 10.8.